The van der Waals surface area contributed by atoms with Gasteiger partial charge in [0, 0.05) is 21.4 Å². The lowest BCUT2D eigenvalue weighted by Gasteiger charge is -2.09. The van der Waals surface area contributed by atoms with Crippen molar-refractivity contribution in [2.75, 3.05) is 0 Å². The van der Waals surface area contributed by atoms with Crippen molar-refractivity contribution in [1.29, 1.82) is 0 Å². The van der Waals surface area contributed by atoms with Crippen LogP contribution in [0.1, 0.15) is 11.3 Å². The number of aryl methyl sites for hydroxylation is 1. The Bertz CT molecular complexity index is 628. The highest BCUT2D eigenvalue weighted by Crippen LogP contribution is 2.34. The van der Waals surface area contributed by atoms with Crippen LogP contribution >= 0.6 is 27.5 Å². The maximum atomic E-state index is 8.75. The largest absolute Gasteiger partial charge is 0.409 e. The number of halogens is 2. The molecule has 0 aliphatic heterocycles. The molecule has 0 unspecified atom stereocenters. The van der Waals surface area contributed by atoms with E-state index in [2.05, 4.69) is 26.1 Å². The summed E-state index contributed by atoms with van der Waals surface area (Å²) in [6.45, 7) is 1.88. The minimum Gasteiger partial charge on any atom is -0.409 e. The number of hydrogen-bond donors (Lipinski definition) is 2. The number of amidine groups is 1. The molecule has 2 aromatic rings. The molecule has 1 aromatic heterocycles. The number of rotatable bonds is 1. The lowest BCUT2D eigenvalue weighted by Crippen LogP contribution is -2.15. The molecule has 0 bridgehead atoms. The average molecular weight is 315 g/mol. The number of benzene rings is 1. The summed E-state index contributed by atoms with van der Waals surface area (Å²) in [7, 11) is 0. The van der Waals surface area contributed by atoms with Gasteiger partial charge in [0.1, 0.15) is 5.69 Å². The van der Waals surface area contributed by atoms with Crippen LogP contribution in [0, 0.1) is 6.92 Å². The van der Waals surface area contributed by atoms with Crippen molar-refractivity contribution >= 4 is 44.1 Å². The summed E-state index contributed by atoms with van der Waals surface area (Å²) in [6, 6.07) is 3.74. The molecular formula is C11H9BrClN3O. The predicted octanol–water partition coefficient (Wildman–Crippen LogP) is 3.05. The standard InChI is InChI=1S/C11H9BrClN3O/c1-5-4-7(12)6-2-3-15-10(11(14)16-17)8(6)9(5)13/h2-4,17H,1H3,(H2,14,16). The summed E-state index contributed by atoms with van der Waals surface area (Å²) in [4.78, 5) is 4.10. The molecule has 4 nitrogen and oxygen atoms in total. The van der Waals surface area contributed by atoms with Gasteiger partial charge in [0.25, 0.3) is 0 Å². The topological polar surface area (TPSA) is 71.5 Å². The van der Waals surface area contributed by atoms with Gasteiger partial charge in [0.05, 0.1) is 5.02 Å². The fourth-order valence-electron chi connectivity index (χ4n) is 1.65. The highest BCUT2D eigenvalue weighted by Gasteiger charge is 2.14. The van der Waals surface area contributed by atoms with Crippen molar-refractivity contribution in [2.24, 2.45) is 10.9 Å². The Balaban J connectivity index is 2.97. The Kier molecular flexibility index (Phi) is 3.22. The third kappa shape index (κ3) is 1.96. The number of pyridine rings is 1. The third-order valence-corrected chi connectivity index (χ3v) is 3.61. The number of nitrogens with zero attached hydrogens (tertiary/aromatic N) is 2. The molecule has 0 amide bonds. The SMILES string of the molecule is Cc1cc(Br)c2ccnc(/C(N)=N/O)c2c1Cl. The van der Waals surface area contributed by atoms with Crippen molar-refractivity contribution in [2.45, 2.75) is 6.92 Å². The zero-order valence-corrected chi connectivity index (χ0v) is 11.2. The molecule has 3 N–H and O–H groups in total. The van der Waals surface area contributed by atoms with Gasteiger partial charge in [-0.3, -0.25) is 4.98 Å². The van der Waals surface area contributed by atoms with Gasteiger partial charge in [0.2, 0.25) is 0 Å². The van der Waals surface area contributed by atoms with E-state index >= 15 is 0 Å². The first-order valence-corrected chi connectivity index (χ1v) is 5.94. The summed E-state index contributed by atoms with van der Waals surface area (Å²) in [6.07, 6.45) is 1.59. The zero-order chi connectivity index (χ0) is 12.6. The lowest BCUT2D eigenvalue weighted by atomic mass is 10.1. The molecule has 0 radical (unpaired) electrons. The molecule has 0 saturated heterocycles. The predicted molar refractivity (Wildman–Crippen MR) is 71.7 cm³/mol. The van der Waals surface area contributed by atoms with Crippen LogP contribution in [-0.2, 0) is 0 Å². The van der Waals surface area contributed by atoms with Gasteiger partial charge in [-0.05, 0) is 24.6 Å². The molecule has 0 aliphatic carbocycles. The van der Waals surface area contributed by atoms with Crippen molar-refractivity contribution in [1.82, 2.24) is 4.98 Å². The second-order valence-electron chi connectivity index (χ2n) is 3.56. The van der Waals surface area contributed by atoms with Crippen LogP contribution in [0.4, 0.5) is 0 Å². The van der Waals surface area contributed by atoms with Crippen molar-refractivity contribution < 1.29 is 5.21 Å². The smallest absolute Gasteiger partial charge is 0.189 e. The van der Waals surface area contributed by atoms with E-state index in [0.717, 1.165) is 15.4 Å². The van der Waals surface area contributed by atoms with Gasteiger partial charge < -0.3 is 10.9 Å². The fourth-order valence-corrected chi connectivity index (χ4v) is 2.57. The van der Waals surface area contributed by atoms with Crippen LogP contribution in [0.25, 0.3) is 10.8 Å². The van der Waals surface area contributed by atoms with Crippen LogP contribution in [0.15, 0.2) is 28.0 Å². The molecule has 88 valence electrons. The minimum atomic E-state index is -0.0602. The normalized spacial score (nSPS) is 12.1. The Labute approximate surface area is 111 Å². The minimum absolute atomic E-state index is 0.0602. The Morgan fingerprint density at radius 2 is 2.29 bits per heavy atom. The molecule has 0 aliphatic rings. The zero-order valence-electron chi connectivity index (χ0n) is 8.91. The van der Waals surface area contributed by atoms with Crippen LogP contribution < -0.4 is 5.73 Å². The number of hydrogen-bond acceptors (Lipinski definition) is 3. The summed E-state index contributed by atoms with van der Waals surface area (Å²) < 4.78 is 0.892. The summed E-state index contributed by atoms with van der Waals surface area (Å²) in [5.41, 5.74) is 6.86. The van der Waals surface area contributed by atoms with Crippen LogP contribution in [0.3, 0.4) is 0 Å². The monoisotopic (exact) mass is 313 g/mol. The van der Waals surface area contributed by atoms with E-state index < -0.39 is 0 Å². The lowest BCUT2D eigenvalue weighted by molar-refractivity contribution is 0.318. The molecule has 0 spiro atoms. The number of oxime groups is 1. The highest BCUT2D eigenvalue weighted by atomic mass is 79.9. The first-order valence-electron chi connectivity index (χ1n) is 4.77. The van der Waals surface area contributed by atoms with Gasteiger partial charge in [-0.25, -0.2) is 0 Å². The average Bonchev–Trinajstić information content (AvgIpc) is 2.34. The van der Waals surface area contributed by atoms with Crippen LogP contribution in [0.5, 0.6) is 0 Å². The summed E-state index contributed by atoms with van der Waals surface area (Å²) >= 11 is 9.71. The van der Waals surface area contributed by atoms with Crippen molar-refractivity contribution in [3.05, 3.63) is 39.1 Å². The van der Waals surface area contributed by atoms with E-state index in [4.69, 9.17) is 22.5 Å². The first-order chi connectivity index (χ1) is 8.06. The maximum absolute atomic E-state index is 8.75. The van der Waals surface area contributed by atoms with Gasteiger partial charge >= 0.3 is 0 Å². The first kappa shape index (κ1) is 12.1. The second-order valence-corrected chi connectivity index (χ2v) is 4.79. The van der Waals surface area contributed by atoms with E-state index in [1.54, 1.807) is 6.20 Å². The molecular weight excluding hydrogens is 305 g/mol. The van der Waals surface area contributed by atoms with E-state index in [1.807, 2.05) is 19.1 Å². The molecule has 1 heterocycles. The molecule has 0 atom stereocenters. The third-order valence-electron chi connectivity index (χ3n) is 2.47. The van der Waals surface area contributed by atoms with E-state index in [-0.39, 0.29) is 5.84 Å². The molecule has 1 aromatic carbocycles. The van der Waals surface area contributed by atoms with Gasteiger partial charge in [0.15, 0.2) is 5.84 Å². The highest BCUT2D eigenvalue weighted by molar-refractivity contribution is 9.10. The van der Waals surface area contributed by atoms with E-state index in [0.29, 0.717) is 16.1 Å². The molecule has 17 heavy (non-hydrogen) atoms. The number of nitrogens with two attached hydrogens (primary N) is 1. The summed E-state index contributed by atoms with van der Waals surface area (Å²) in [5, 5.41) is 13.8. The molecule has 0 fully saturated rings. The van der Waals surface area contributed by atoms with E-state index in [1.165, 1.54) is 0 Å². The fraction of sp³-hybridized carbons (Fsp3) is 0.0909. The van der Waals surface area contributed by atoms with Gasteiger partial charge in [-0.15, -0.1) is 0 Å². The van der Waals surface area contributed by atoms with Crippen LogP contribution in [-0.4, -0.2) is 16.0 Å². The Morgan fingerprint density at radius 1 is 1.59 bits per heavy atom. The number of aromatic nitrogens is 1. The van der Waals surface area contributed by atoms with Crippen molar-refractivity contribution in [3.8, 4) is 0 Å². The van der Waals surface area contributed by atoms with Gasteiger partial charge in [-0.1, -0.05) is 32.7 Å². The summed E-state index contributed by atoms with van der Waals surface area (Å²) in [5.74, 6) is -0.0602. The van der Waals surface area contributed by atoms with Crippen molar-refractivity contribution in [3.63, 3.8) is 0 Å². The molecule has 2 rings (SSSR count). The molecule has 0 saturated carbocycles. The Morgan fingerprint density at radius 3 is 2.94 bits per heavy atom. The maximum Gasteiger partial charge on any atom is 0.189 e. The number of fused-ring (bicyclic) bond motifs is 1. The second kappa shape index (κ2) is 4.50. The van der Waals surface area contributed by atoms with Crippen LogP contribution in [0.2, 0.25) is 5.02 Å². The Hall–Kier alpha value is -1.33. The van der Waals surface area contributed by atoms with Gasteiger partial charge in [-0.2, -0.15) is 0 Å². The van der Waals surface area contributed by atoms with E-state index in [9.17, 15) is 0 Å². The molecule has 6 heteroatoms. The quantitative estimate of drug-likeness (QED) is 0.368.